The van der Waals surface area contributed by atoms with Crippen LogP contribution in [0.25, 0.3) is 0 Å². The number of aliphatic carboxylic acids is 1. The largest absolute Gasteiger partial charge is 0.480 e. The van der Waals surface area contributed by atoms with Crippen LogP contribution in [0.4, 0.5) is 0 Å². The van der Waals surface area contributed by atoms with Crippen molar-refractivity contribution in [3.05, 3.63) is 23.9 Å². The molecule has 1 aromatic rings. The topological polar surface area (TPSA) is 79.7 Å². The predicted molar refractivity (Wildman–Crippen MR) is 74.2 cm³/mol. The van der Waals surface area contributed by atoms with Crippen LogP contribution in [0, 0.1) is 0 Å². The molecular formula is C15H18N2O4. The number of carbonyl (C=O) groups excluding carboxylic acids is 1. The second kappa shape index (κ2) is 5.71. The number of hydrogen-bond donors (Lipinski definition) is 1. The first-order valence-corrected chi connectivity index (χ1v) is 7.29. The Kier molecular flexibility index (Phi) is 3.77. The van der Waals surface area contributed by atoms with Gasteiger partial charge in [-0.15, -0.1) is 0 Å². The van der Waals surface area contributed by atoms with Crippen LogP contribution in [0.2, 0.25) is 0 Å². The van der Waals surface area contributed by atoms with Gasteiger partial charge in [-0.05, 0) is 38.2 Å². The van der Waals surface area contributed by atoms with Gasteiger partial charge < -0.3 is 14.7 Å². The summed E-state index contributed by atoms with van der Waals surface area (Å²) in [6, 6.07) is 3.27. The number of hydrogen-bond acceptors (Lipinski definition) is 4. The van der Waals surface area contributed by atoms with Crippen LogP contribution < -0.4 is 4.74 Å². The number of carbonyl (C=O) groups is 2. The number of pyridine rings is 1. The standard InChI is InChI=1S/C15H18N2O4/c18-14(19)9-17(11-4-5-11)15(20)10-6-7-16-13(8-10)21-12-2-1-3-12/h6-8,11-12H,1-5,9H2,(H,18,19). The molecule has 0 spiro atoms. The summed E-state index contributed by atoms with van der Waals surface area (Å²) in [5, 5.41) is 8.94. The SMILES string of the molecule is O=C(O)CN(C(=O)c1ccnc(OC2CCC2)c1)C1CC1. The summed E-state index contributed by atoms with van der Waals surface area (Å²) in [6.45, 7) is -0.259. The zero-order chi connectivity index (χ0) is 14.8. The highest BCUT2D eigenvalue weighted by molar-refractivity contribution is 5.96. The first kappa shape index (κ1) is 13.9. The van der Waals surface area contributed by atoms with E-state index in [0.717, 1.165) is 32.1 Å². The Labute approximate surface area is 122 Å². The molecule has 1 N–H and O–H groups in total. The van der Waals surface area contributed by atoms with E-state index in [0.29, 0.717) is 11.4 Å². The Hall–Kier alpha value is -2.11. The minimum atomic E-state index is -0.991. The highest BCUT2D eigenvalue weighted by Crippen LogP contribution is 2.29. The smallest absolute Gasteiger partial charge is 0.323 e. The van der Waals surface area contributed by atoms with Gasteiger partial charge in [0.25, 0.3) is 5.91 Å². The van der Waals surface area contributed by atoms with Crippen LogP contribution in [-0.4, -0.2) is 45.6 Å². The molecule has 1 heterocycles. The van der Waals surface area contributed by atoms with Gasteiger partial charge in [0.1, 0.15) is 12.6 Å². The number of carboxylic acid groups (broad SMARTS) is 1. The van der Waals surface area contributed by atoms with Crippen molar-refractivity contribution in [1.82, 2.24) is 9.88 Å². The summed E-state index contributed by atoms with van der Waals surface area (Å²) in [4.78, 5) is 28.9. The van der Waals surface area contributed by atoms with Crippen molar-refractivity contribution in [3.63, 3.8) is 0 Å². The molecule has 1 aromatic heterocycles. The van der Waals surface area contributed by atoms with E-state index in [9.17, 15) is 9.59 Å². The van der Waals surface area contributed by atoms with Crippen molar-refractivity contribution < 1.29 is 19.4 Å². The van der Waals surface area contributed by atoms with Crippen LogP contribution in [0.5, 0.6) is 5.88 Å². The monoisotopic (exact) mass is 290 g/mol. The van der Waals surface area contributed by atoms with Crippen molar-refractivity contribution >= 4 is 11.9 Å². The molecule has 2 fully saturated rings. The fourth-order valence-electron chi connectivity index (χ4n) is 2.33. The lowest BCUT2D eigenvalue weighted by Gasteiger charge is -2.26. The maximum Gasteiger partial charge on any atom is 0.323 e. The quantitative estimate of drug-likeness (QED) is 0.862. The first-order valence-electron chi connectivity index (χ1n) is 7.29. The Morgan fingerprint density at radius 3 is 2.67 bits per heavy atom. The molecule has 3 rings (SSSR count). The van der Waals surface area contributed by atoms with Crippen LogP contribution in [-0.2, 0) is 4.79 Å². The number of carboxylic acids is 1. The van der Waals surface area contributed by atoms with Crippen molar-refractivity contribution in [2.45, 2.75) is 44.2 Å². The van der Waals surface area contributed by atoms with Crippen LogP contribution >= 0.6 is 0 Å². The summed E-state index contributed by atoms with van der Waals surface area (Å²) >= 11 is 0. The number of aromatic nitrogens is 1. The van der Waals surface area contributed by atoms with Gasteiger partial charge in [-0.2, -0.15) is 0 Å². The Morgan fingerprint density at radius 1 is 1.33 bits per heavy atom. The minimum Gasteiger partial charge on any atom is -0.480 e. The summed E-state index contributed by atoms with van der Waals surface area (Å²) in [6.07, 6.45) is 6.68. The molecule has 0 aliphatic heterocycles. The molecule has 0 atom stereocenters. The maximum absolute atomic E-state index is 12.5. The molecule has 0 aromatic carbocycles. The van der Waals surface area contributed by atoms with Gasteiger partial charge in [0.15, 0.2) is 0 Å². The normalized spacial score (nSPS) is 17.9. The van der Waals surface area contributed by atoms with Gasteiger partial charge in [0.05, 0.1) is 0 Å². The second-order valence-electron chi connectivity index (χ2n) is 5.61. The van der Waals surface area contributed by atoms with Gasteiger partial charge in [0.2, 0.25) is 5.88 Å². The van der Waals surface area contributed by atoms with E-state index < -0.39 is 5.97 Å². The van der Waals surface area contributed by atoms with Crippen LogP contribution in [0.1, 0.15) is 42.5 Å². The lowest BCUT2D eigenvalue weighted by atomic mass is 9.96. The van der Waals surface area contributed by atoms with Gasteiger partial charge in [-0.1, -0.05) is 0 Å². The van der Waals surface area contributed by atoms with E-state index in [-0.39, 0.29) is 24.6 Å². The molecule has 0 unspecified atom stereocenters. The Balaban J connectivity index is 1.72. The van der Waals surface area contributed by atoms with Crippen molar-refractivity contribution in [2.75, 3.05) is 6.54 Å². The molecule has 6 nitrogen and oxygen atoms in total. The molecule has 6 heteroatoms. The molecular weight excluding hydrogens is 272 g/mol. The lowest BCUT2D eigenvalue weighted by molar-refractivity contribution is -0.137. The minimum absolute atomic E-state index is 0.0535. The van der Waals surface area contributed by atoms with Crippen molar-refractivity contribution in [3.8, 4) is 5.88 Å². The third-order valence-electron chi connectivity index (χ3n) is 3.88. The fourth-order valence-corrected chi connectivity index (χ4v) is 2.33. The van der Waals surface area contributed by atoms with Gasteiger partial charge in [0, 0.05) is 23.9 Å². The fraction of sp³-hybridized carbons (Fsp3) is 0.533. The zero-order valence-electron chi connectivity index (χ0n) is 11.7. The third-order valence-corrected chi connectivity index (χ3v) is 3.88. The number of amides is 1. The molecule has 1 amide bonds. The van der Waals surface area contributed by atoms with E-state index >= 15 is 0 Å². The molecule has 2 saturated carbocycles. The highest BCUT2D eigenvalue weighted by Gasteiger charge is 2.34. The highest BCUT2D eigenvalue weighted by atomic mass is 16.5. The van der Waals surface area contributed by atoms with E-state index in [2.05, 4.69) is 4.98 Å². The van der Waals surface area contributed by atoms with E-state index in [1.165, 1.54) is 11.1 Å². The molecule has 0 saturated heterocycles. The Morgan fingerprint density at radius 2 is 2.10 bits per heavy atom. The second-order valence-corrected chi connectivity index (χ2v) is 5.61. The van der Waals surface area contributed by atoms with Gasteiger partial charge in [-0.25, -0.2) is 4.98 Å². The molecule has 21 heavy (non-hydrogen) atoms. The summed E-state index contributed by atoms with van der Waals surface area (Å²) < 4.78 is 5.68. The van der Waals surface area contributed by atoms with E-state index in [1.54, 1.807) is 12.1 Å². The van der Waals surface area contributed by atoms with Crippen molar-refractivity contribution in [1.29, 1.82) is 0 Å². The molecule has 2 aliphatic carbocycles. The number of nitrogens with zero attached hydrogens (tertiary/aromatic N) is 2. The predicted octanol–water partition coefficient (Wildman–Crippen LogP) is 1.70. The molecule has 2 aliphatic rings. The lowest BCUT2D eigenvalue weighted by Crippen LogP contribution is -2.37. The van der Waals surface area contributed by atoms with Crippen molar-refractivity contribution in [2.24, 2.45) is 0 Å². The first-order chi connectivity index (χ1) is 10.1. The van der Waals surface area contributed by atoms with E-state index in [4.69, 9.17) is 9.84 Å². The van der Waals surface area contributed by atoms with Crippen LogP contribution in [0.15, 0.2) is 18.3 Å². The van der Waals surface area contributed by atoms with E-state index in [1.807, 2.05) is 0 Å². The number of rotatable bonds is 6. The summed E-state index contributed by atoms with van der Waals surface area (Å²) in [7, 11) is 0. The molecule has 0 radical (unpaired) electrons. The molecule has 0 bridgehead atoms. The molecule has 112 valence electrons. The maximum atomic E-state index is 12.5. The third kappa shape index (κ3) is 3.32. The summed E-state index contributed by atoms with van der Waals surface area (Å²) in [5.41, 5.74) is 0.437. The Bertz CT molecular complexity index is 552. The van der Waals surface area contributed by atoms with Crippen LogP contribution in [0.3, 0.4) is 0 Å². The van der Waals surface area contributed by atoms with Gasteiger partial charge in [-0.3, -0.25) is 9.59 Å². The summed E-state index contributed by atoms with van der Waals surface area (Å²) in [5.74, 6) is -0.812. The average molecular weight is 290 g/mol. The zero-order valence-corrected chi connectivity index (χ0v) is 11.7. The average Bonchev–Trinajstić information content (AvgIpc) is 3.24. The van der Waals surface area contributed by atoms with Gasteiger partial charge >= 0.3 is 5.97 Å². The number of ether oxygens (including phenoxy) is 1.